The number of rotatable bonds is 8. The maximum absolute atomic E-state index is 12.0. The van der Waals surface area contributed by atoms with Crippen molar-refractivity contribution in [3.05, 3.63) is 54.9 Å². The standard InChI is InChI=1S/C18H19N5OS2/c1-23-17(14-7-9-19-10-8-14)21-22-18(23)26-13-16(24)20-11-12-25-15-5-3-2-4-6-15/h2-10H,11-13H2,1H3,(H,20,24). The lowest BCUT2D eigenvalue weighted by atomic mass is 10.2. The highest BCUT2D eigenvalue weighted by Crippen LogP contribution is 2.21. The zero-order valence-corrected chi connectivity index (χ0v) is 16.0. The number of amides is 1. The molecule has 1 amide bonds. The lowest BCUT2D eigenvalue weighted by molar-refractivity contribution is -0.118. The van der Waals surface area contributed by atoms with Gasteiger partial charge in [-0.3, -0.25) is 9.78 Å². The molecule has 134 valence electrons. The van der Waals surface area contributed by atoms with Gasteiger partial charge in [0.1, 0.15) is 0 Å². The Kier molecular flexibility index (Phi) is 6.68. The smallest absolute Gasteiger partial charge is 0.230 e. The molecule has 0 bridgehead atoms. The van der Waals surface area contributed by atoms with Crippen LogP contribution >= 0.6 is 23.5 Å². The average Bonchev–Trinajstić information content (AvgIpc) is 3.05. The van der Waals surface area contributed by atoms with Crippen LogP contribution < -0.4 is 5.32 Å². The van der Waals surface area contributed by atoms with E-state index in [9.17, 15) is 4.79 Å². The van der Waals surface area contributed by atoms with Crippen LogP contribution in [0.25, 0.3) is 11.4 Å². The summed E-state index contributed by atoms with van der Waals surface area (Å²) in [6.45, 7) is 0.639. The number of pyridine rings is 1. The van der Waals surface area contributed by atoms with Gasteiger partial charge in [0.2, 0.25) is 5.91 Å². The fourth-order valence-electron chi connectivity index (χ4n) is 2.25. The Balaban J connectivity index is 1.43. The topological polar surface area (TPSA) is 72.7 Å². The summed E-state index contributed by atoms with van der Waals surface area (Å²) in [5.41, 5.74) is 0.948. The SMILES string of the molecule is Cn1c(SCC(=O)NCCSc2ccccc2)nnc1-c1ccncc1. The van der Waals surface area contributed by atoms with E-state index >= 15 is 0 Å². The molecule has 0 aliphatic rings. The van der Waals surface area contributed by atoms with E-state index in [1.807, 2.05) is 41.9 Å². The van der Waals surface area contributed by atoms with Crippen LogP contribution in [0.2, 0.25) is 0 Å². The van der Waals surface area contributed by atoms with Gasteiger partial charge < -0.3 is 9.88 Å². The van der Waals surface area contributed by atoms with Crippen molar-refractivity contribution in [3.63, 3.8) is 0 Å². The van der Waals surface area contributed by atoms with Gasteiger partial charge in [-0.2, -0.15) is 0 Å². The van der Waals surface area contributed by atoms with E-state index in [1.54, 1.807) is 24.2 Å². The van der Waals surface area contributed by atoms with Crippen LogP contribution in [0.1, 0.15) is 0 Å². The zero-order chi connectivity index (χ0) is 18.2. The fourth-order valence-corrected chi connectivity index (χ4v) is 3.78. The third-order valence-corrected chi connectivity index (χ3v) is 5.58. The van der Waals surface area contributed by atoms with Crippen LogP contribution in [0, 0.1) is 0 Å². The minimum atomic E-state index is -0.00266. The lowest BCUT2D eigenvalue weighted by Gasteiger charge is -2.06. The van der Waals surface area contributed by atoms with Gasteiger partial charge in [-0.15, -0.1) is 22.0 Å². The molecule has 0 spiro atoms. The molecule has 3 rings (SSSR count). The Hall–Kier alpha value is -2.32. The summed E-state index contributed by atoms with van der Waals surface area (Å²) in [5, 5.41) is 12.0. The molecule has 2 aromatic heterocycles. The second kappa shape index (κ2) is 9.40. The van der Waals surface area contributed by atoms with Crippen molar-refractivity contribution in [1.82, 2.24) is 25.1 Å². The lowest BCUT2D eigenvalue weighted by Crippen LogP contribution is -2.27. The summed E-state index contributed by atoms with van der Waals surface area (Å²) in [6, 6.07) is 13.9. The van der Waals surface area contributed by atoms with E-state index in [-0.39, 0.29) is 5.91 Å². The molecule has 0 aliphatic carbocycles. The minimum Gasteiger partial charge on any atom is -0.355 e. The molecule has 0 unspecified atom stereocenters. The number of hydrogen-bond donors (Lipinski definition) is 1. The predicted molar refractivity (Wildman–Crippen MR) is 105 cm³/mol. The third kappa shape index (κ3) is 5.09. The third-order valence-electron chi connectivity index (χ3n) is 3.54. The number of carbonyl (C=O) groups excluding carboxylic acids is 1. The summed E-state index contributed by atoms with van der Waals surface area (Å²) in [4.78, 5) is 17.2. The van der Waals surface area contributed by atoms with Crippen molar-refractivity contribution in [2.75, 3.05) is 18.1 Å². The van der Waals surface area contributed by atoms with Gasteiger partial charge in [0, 0.05) is 42.2 Å². The zero-order valence-electron chi connectivity index (χ0n) is 14.3. The van der Waals surface area contributed by atoms with E-state index < -0.39 is 0 Å². The molecule has 3 aromatic rings. The second-order valence-corrected chi connectivity index (χ2v) is 7.51. The Bertz CT molecular complexity index is 839. The van der Waals surface area contributed by atoms with Gasteiger partial charge in [0.05, 0.1) is 5.75 Å². The van der Waals surface area contributed by atoms with E-state index in [0.29, 0.717) is 17.5 Å². The quantitative estimate of drug-likeness (QED) is 0.475. The van der Waals surface area contributed by atoms with Crippen LogP contribution in [-0.4, -0.2) is 43.7 Å². The molecule has 0 radical (unpaired) electrons. The molecule has 0 aliphatic heterocycles. The second-order valence-electron chi connectivity index (χ2n) is 5.40. The minimum absolute atomic E-state index is 0.00266. The van der Waals surface area contributed by atoms with E-state index in [4.69, 9.17) is 0 Å². The van der Waals surface area contributed by atoms with E-state index in [1.165, 1.54) is 16.7 Å². The average molecular weight is 386 g/mol. The van der Waals surface area contributed by atoms with Gasteiger partial charge in [-0.1, -0.05) is 30.0 Å². The van der Waals surface area contributed by atoms with Gasteiger partial charge >= 0.3 is 0 Å². The molecule has 1 aromatic carbocycles. The van der Waals surface area contributed by atoms with Crippen molar-refractivity contribution < 1.29 is 4.79 Å². The number of hydrogen-bond acceptors (Lipinski definition) is 6. The van der Waals surface area contributed by atoms with Crippen LogP contribution in [-0.2, 0) is 11.8 Å². The molecule has 0 saturated heterocycles. The van der Waals surface area contributed by atoms with Crippen molar-refractivity contribution in [2.24, 2.45) is 7.05 Å². The fraction of sp³-hybridized carbons (Fsp3) is 0.222. The molecule has 8 heteroatoms. The van der Waals surface area contributed by atoms with Crippen molar-refractivity contribution in [1.29, 1.82) is 0 Å². The molecular weight excluding hydrogens is 366 g/mol. The highest BCUT2D eigenvalue weighted by atomic mass is 32.2. The molecule has 2 heterocycles. The van der Waals surface area contributed by atoms with Crippen molar-refractivity contribution in [2.45, 2.75) is 10.1 Å². The van der Waals surface area contributed by atoms with E-state index in [0.717, 1.165) is 17.1 Å². The van der Waals surface area contributed by atoms with Crippen LogP contribution in [0.4, 0.5) is 0 Å². The Morgan fingerprint density at radius 2 is 1.85 bits per heavy atom. The number of thioether (sulfide) groups is 2. The van der Waals surface area contributed by atoms with E-state index in [2.05, 4.69) is 32.6 Å². The first-order valence-corrected chi connectivity index (χ1v) is 10.1. The highest BCUT2D eigenvalue weighted by molar-refractivity contribution is 7.99. The first-order chi connectivity index (χ1) is 12.7. The monoisotopic (exact) mass is 385 g/mol. The molecule has 0 atom stereocenters. The predicted octanol–water partition coefficient (Wildman–Crippen LogP) is 2.88. The number of carbonyl (C=O) groups is 1. The summed E-state index contributed by atoms with van der Waals surface area (Å²) in [7, 11) is 1.90. The molecule has 0 fully saturated rings. The number of nitrogens with one attached hydrogen (secondary N) is 1. The van der Waals surface area contributed by atoms with Crippen LogP contribution in [0.5, 0.6) is 0 Å². The number of aromatic nitrogens is 4. The van der Waals surface area contributed by atoms with Gasteiger partial charge in [0.15, 0.2) is 11.0 Å². The number of benzene rings is 1. The van der Waals surface area contributed by atoms with Crippen LogP contribution in [0.15, 0.2) is 64.9 Å². The molecule has 26 heavy (non-hydrogen) atoms. The Labute approximate surface area is 160 Å². The highest BCUT2D eigenvalue weighted by Gasteiger charge is 2.12. The van der Waals surface area contributed by atoms with Crippen LogP contribution in [0.3, 0.4) is 0 Å². The molecule has 1 N–H and O–H groups in total. The summed E-state index contributed by atoms with van der Waals surface area (Å²) >= 11 is 3.11. The van der Waals surface area contributed by atoms with Gasteiger partial charge in [0.25, 0.3) is 0 Å². The first kappa shape index (κ1) is 18.5. The number of nitrogens with zero attached hydrogens (tertiary/aromatic N) is 4. The summed E-state index contributed by atoms with van der Waals surface area (Å²) in [6.07, 6.45) is 3.44. The van der Waals surface area contributed by atoms with Crippen molar-refractivity contribution >= 4 is 29.4 Å². The normalized spacial score (nSPS) is 10.7. The summed E-state index contributed by atoms with van der Waals surface area (Å²) in [5.74, 6) is 1.92. The maximum atomic E-state index is 12.0. The largest absolute Gasteiger partial charge is 0.355 e. The maximum Gasteiger partial charge on any atom is 0.230 e. The molecule has 0 saturated carbocycles. The van der Waals surface area contributed by atoms with Gasteiger partial charge in [-0.25, -0.2) is 0 Å². The molecular formula is C18H19N5OS2. The molecule has 6 nitrogen and oxygen atoms in total. The summed E-state index contributed by atoms with van der Waals surface area (Å²) < 4.78 is 1.89. The Morgan fingerprint density at radius 1 is 1.08 bits per heavy atom. The van der Waals surface area contributed by atoms with Crippen molar-refractivity contribution in [3.8, 4) is 11.4 Å². The first-order valence-electron chi connectivity index (χ1n) is 8.11. The van der Waals surface area contributed by atoms with Gasteiger partial charge in [-0.05, 0) is 24.3 Å². The Morgan fingerprint density at radius 3 is 2.62 bits per heavy atom.